The van der Waals surface area contributed by atoms with Gasteiger partial charge in [0.25, 0.3) is 0 Å². The Morgan fingerprint density at radius 1 is 1.21 bits per heavy atom. The van der Waals surface area contributed by atoms with E-state index in [0.29, 0.717) is 18.6 Å². The van der Waals surface area contributed by atoms with Gasteiger partial charge in [0.05, 0.1) is 6.61 Å². The van der Waals surface area contributed by atoms with E-state index in [1.54, 1.807) is 18.2 Å². The number of fused-ring (bicyclic) bond motifs is 1. The molecule has 2 aliphatic carbocycles. The first-order valence-electron chi connectivity index (χ1n) is 9.62. The Morgan fingerprint density at radius 2 is 2.08 bits per heavy atom. The molecule has 1 aromatic carbocycles. The summed E-state index contributed by atoms with van der Waals surface area (Å²) in [7, 11) is 4.08. The molecular formula is C21H31NO2. The molecule has 1 saturated carbocycles. The second-order valence-electron chi connectivity index (χ2n) is 8.10. The summed E-state index contributed by atoms with van der Waals surface area (Å²) in [6.45, 7) is 4.74. The van der Waals surface area contributed by atoms with Crippen LogP contribution in [0.3, 0.4) is 0 Å². The van der Waals surface area contributed by atoms with E-state index >= 15 is 0 Å². The van der Waals surface area contributed by atoms with E-state index in [-0.39, 0.29) is 0 Å². The molecule has 1 saturated heterocycles. The van der Waals surface area contributed by atoms with Gasteiger partial charge in [-0.2, -0.15) is 0 Å². The topological polar surface area (TPSA) is 21.7 Å². The minimum absolute atomic E-state index is 0.359. The van der Waals surface area contributed by atoms with E-state index in [2.05, 4.69) is 31.0 Å². The van der Waals surface area contributed by atoms with E-state index in [4.69, 9.17) is 9.47 Å². The van der Waals surface area contributed by atoms with Crippen molar-refractivity contribution in [3.05, 3.63) is 28.8 Å². The molecule has 3 nitrogen and oxygen atoms in total. The summed E-state index contributed by atoms with van der Waals surface area (Å²) in [4.78, 5) is 2.63. The molecule has 2 bridgehead atoms. The van der Waals surface area contributed by atoms with E-state index in [1.807, 2.05) is 0 Å². The largest absolute Gasteiger partial charge is 0.491 e. The van der Waals surface area contributed by atoms with Crippen molar-refractivity contribution < 1.29 is 9.47 Å². The molecule has 24 heavy (non-hydrogen) atoms. The number of hydrogen-bond donors (Lipinski definition) is 0. The minimum Gasteiger partial charge on any atom is -0.491 e. The lowest BCUT2D eigenvalue weighted by Crippen LogP contribution is -2.59. The molecule has 2 fully saturated rings. The van der Waals surface area contributed by atoms with Crippen LogP contribution in [0, 0.1) is 12.8 Å². The SMILES string of the molecule is COCCOc1c(C)ccc2c1[C@@]13CCCC[C@H]1[C@@H](C2)N(C)CC3. The van der Waals surface area contributed by atoms with Crippen molar-refractivity contribution in [3.63, 3.8) is 0 Å². The lowest BCUT2D eigenvalue weighted by Gasteiger charge is -2.58. The maximum absolute atomic E-state index is 6.30. The third kappa shape index (κ3) is 2.40. The minimum atomic E-state index is 0.359. The fraction of sp³-hybridized carbons (Fsp3) is 0.714. The Bertz CT molecular complexity index is 614. The number of nitrogens with zero attached hydrogens (tertiary/aromatic N) is 1. The monoisotopic (exact) mass is 329 g/mol. The highest BCUT2D eigenvalue weighted by Crippen LogP contribution is 2.58. The molecule has 0 spiro atoms. The van der Waals surface area contributed by atoms with Gasteiger partial charge in [0.1, 0.15) is 12.4 Å². The molecule has 0 radical (unpaired) electrons. The van der Waals surface area contributed by atoms with Gasteiger partial charge in [-0.1, -0.05) is 25.0 Å². The second-order valence-corrected chi connectivity index (χ2v) is 8.10. The average molecular weight is 329 g/mol. The summed E-state index contributed by atoms with van der Waals surface area (Å²) in [5, 5.41) is 0. The molecule has 0 amide bonds. The summed E-state index contributed by atoms with van der Waals surface area (Å²) in [6, 6.07) is 5.37. The number of hydrogen-bond acceptors (Lipinski definition) is 3. The number of rotatable bonds is 4. The van der Waals surface area contributed by atoms with Crippen LogP contribution in [0.5, 0.6) is 5.75 Å². The Balaban J connectivity index is 1.82. The number of ether oxygens (including phenoxy) is 2. The lowest BCUT2D eigenvalue weighted by molar-refractivity contribution is 0.000768. The molecule has 0 N–H and O–H groups in total. The van der Waals surface area contributed by atoms with Crippen molar-refractivity contribution in [2.24, 2.45) is 5.92 Å². The van der Waals surface area contributed by atoms with Gasteiger partial charge < -0.3 is 14.4 Å². The van der Waals surface area contributed by atoms with Crippen LogP contribution >= 0.6 is 0 Å². The zero-order chi connectivity index (χ0) is 16.7. The average Bonchev–Trinajstić information content (AvgIpc) is 2.60. The van der Waals surface area contributed by atoms with Gasteiger partial charge in [-0.15, -0.1) is 0 Å². The van der Waals surface area contributed by atoms with Crippen molar-refractivity contribution in [2.45, 2.75) is 56.9 Å². The van der Waals surface area contributed by atoms with Crippen molar-refractivity contribution in [1.82, 2.24) is 4.90 Å². The second kappa shape index (κ2) is 6.34. The first kappa shape index (κ1) is 16.4. The normalized spacial score (nSPS) is 32.1. The van der Waals surface area contributed by atoms with Gasteiger partial charge in [-0.05, 0) is 63.2 Å². The number of likely N-dealkylation sites (N-methyl/N-ethyl adjacent to an activating group) is 1. The smallest absolute Gasteiger partial charge is 0.126 e. The van der Waals surface area contributed by atoms with Gasteiger partial charge in [0.15, 0.2) is 0 Å². The number of piperidine rings is 1. The van der Waals surface area contributed by atoms with E-state index in [1.165, 1.54) is 56.4 Å². The predicted octanol–water partition coefficient (Wildman–Crippen LogP) is 3.71. The van der Waals surface area contributed by atoms with Crippen LogP contribution < -0.4 is 4.74 Å². The Hall–Kier alpha value is -1.06. The van der Waals surface area contributed by atoms with Crippen LogP contribution in [-0.4, -0.2) is 44.9 Å². The van der Waals surface area contributed by atoms with Crippen LogP contribution in [0.2, 0.25) is 0 Å². The summed E-state index contributed by atoms with van der Waals surface area (Å²) in [5.74, 6) is 1.99. The maximum Gasteiger partial charge on any atom is 0.126 e. The molecule has 3 atom stereocenters. The Labute approximate surface area is 146 Å². The van der Waals surface area contributed by atoms with Crippen LogP contribution in [0.25, 0.3) is 0 Å². The molecule has 3 aliphatic rings. The van der Waals surface area contributed by atoms with Gasteiger partial charge >= 0.3 is 0 Å². The van der Waals surface area contributed by atoms with Crippen molar-refractivity contribution in [3.8, 4) is 5.75 Å². The first-order chi connectivity index (χ1) is 11.7. The molecule has 1 aliphatic heterocycles. The maximum atomic E-state index is 6.30. The number of aryl methyl sites for hydroxylation is 1. The van der Waals surface area contributed by atoms with Crippen molar-refractivity contribution in [1.29, 1.82) is 0 Å². The number of likely N-dealkylation sites (tertiary alicyclic amines) is 1. The fourth-order valence-corrected chi connectivity index (χ4v) is 5.80. The third-order valence-corrected chi connectivity index (χ3v) is 6.94. The fourth-order valence-electron chi connectivity index (χ4n) is 5.80. The van der Waals surface area contributed by atoms with Crippen LogP contribution in [-0.2, 0) is 16.6 Å². The molecule has 1 heterocycles. The zero-order valence-corrected chi connectivity index (χ0v) is 15.4. The van der Waals surface area contributed by atoms with Gasteiger partial charge in [0.2, 0.25) is 0 Å². The molecule has 132 valence electrons. The molecule has 3 heteroatoms. The van der Waals surface area contributed by atoms with Crippen LogP contribution in [0.1, 0.15) is 48.8 Å². The van der Waals surface area contributed by atoms with Gasteiger partial charge in [-0.3, -0.25) is 0 Å². The highest BCUT2D eigenvalue weighted by Gasteiger charge is 2.54. The van der Waals surface area contributed by atoms with E-state index in [9.17, 15) is 0 Å². The summed E-state index contributed by atoms with van der Waals surface area (Å²) in [5.41, 5.74) is 4.77. The molecule has 4 rings (SSSR count). The summed E-state index contributed by atoms with van der Waals surface area (Å²) < 4.78 is 11.5. The van der Waals surface area contributed by atoms with E-state index < -0.39 is 0 Å². The van der Waals surface area contributed by atoms with Crippen LogP contribution in [0.4, 0.5) is 0 Å². The van der Waals surface area contributed by atoms with Gasteiger partial charge in [-0.25, -0.2) is 0 Å². The van der Waals surface area contributed by atoms with Gasteiger partial charge in [0, 0.05) is 24.1 Å². The first-order valence-corrected chi connectivity index (χ1v) is 9.62. The standard InChI is InChI=1S/C21H31NO2/c1-15-7-8-16-14-18-17-6-4-5-9-21(17,10-11-22(18)2)19(16)20(15)24-13-12-23-3/h7-8,17-18H,4-6,9-14H2,1-3H3/t17-,18+,21+/m0/s1. The van der Waals surface area contributed by atoms with Crippen LogP contribution in [0.15, 0.2) is 12.1 Å². The predicted molar refractivity (Wildman–Crippen MR) is 96.9 cm³/mol. The molecule has 0 unspecified atom stereocenters. The van der Waals surface area contributed by atoms with E-state index in [0.717, 1.165) is 12.0 Å². The molecule has 1 aromatic rings. The highest BCUT2D eigenvalue weighted by atomic mass is 16.5. The molecular weight excluding hydrogens is 298 g/mol. The van der Waals surface area contributed by atoms with Crippen molar-refractivity contribution in [2.75, 3.05) is 33.9 Å². The summed E-state index contributed by atoms with van der Waals surface area (Å²) in [6.07, 6.45) is 8.00. The highest BCUT2D eigenvalue weighted by molar-refractivity contribution is 5.54. The Kier molecular flexibility index (Phi) is 4.34. The quantitative estimate of drug-likeness (QED) is 0.786. The van der Waals surface area contributed by atoms with Crippen molar-refractivity contribution >= 4 is 0 Å². The summed E-state index contributed by atoms with van der Waals surface area (Å²) >= 11 is 0. The third-order valence-electron chi connectivity index (χ3n) is 6.94. The molecule has 0 aromatic heterocycles. The lowest BCUT2D eigenvalue weighted by atomic mass is 9.52. The number of methoxy groups -OCH3 is 1. The number of benzene rings is 1. The Morgan fingerprint density at radius 3 is 2.92 bits per heavy atom. The zero-order valence-electron chi connectivity index (χ0n) is 15.4.